The molecule has 1 heterocycles. The maximum atomic E-state index is 9.66. The van der Waals surface area contributed by atoms with Crippen molar-refractivity contribution in [3.63, 3.8) is 0 Å². The van der Waals surface area contributed by atoms with E-state index in [1.165, 1.54) is 0 Å². The van der Waals surface area contributed by atoms with E-state index in [0.717, 1.165) is 11.3 Å². The van der Waals surface area contributed by atoms with Crippen LogP contribution in [0.25, 0.3) is 11.3 Å². The number of nitriles is 1. The van der Waals surface area contributed by atoms with Crippen molar-refractivity contribution in [2.45, 2.75) is 12.2 Å². The molecule has 4 heteroatoms. The molecule has 2 aromatic rings. The molecule has 18 heavy (non-hydrogen) atoms. The minimum atomic E-state index is -1.41. The van der Waals surface area contributed by atoms with Gasteiger partial charge in [0, 0.05) is 11.8 Å². The normalized spacial score (nSPS) is 13.6. The topological polar surface area (TPSA) is 77.1 Å². The fraction of sp³-hybridized carbons (Fsp3) is 0.143. The van der Waals surface area contributed by atoms with Crippen molar-refractivity contribution in [2.24, 2.45) is 0 Å². The minimum absolute atomic E-state index is 0.503. The molecule has 90 valence electrons. The molecule has 0 aliphatic heterocycles. The monoisotopic (exact) mass is 240 g/mol. The number of aromatic nitrogens is 1. The van der Waals surface area contributed by atoms with Crippen molar-refractivity contribution in [2.75, 3.05) is 0 Å². The largest absolute Gasteiger partial charge is 0.385 e. The maximum absolute atomic E-state index is 9.66. The summed E-state index contributed by atoms with van der Waals surface area (Å²) in [7, 11) is 0. The summed E-state index contributed by atoms with van der Waals surface area (Å²) in [5.41, 5.74) is 2.25. The molecule has 2 rings (SSSR count). The summed E-state index contributed by atoms with van der Waals surface area (Å²) >= 11 is 0. The molecular weight excluding hydrogens is 228 g/mol. The van der Waals surface area contributed by atoms with E-state index in [-0.39, 0.29) is 0 Å². The highest BCUT2D eigenvalue weighted by Gasteiger charge is 2.17. The standard InChI is InChI=1S/C14H12N2O2/c15-9-13(17)14(18)11-6-4-10(5-7-11)12-3-1-2-8-16-12/h1-8,13-14,17-18H. The van der Waals surface area contributed by atoms with Crippen LogP contribution in [-0.4, -0.2) is 21.3 Å². The number of aliphatic hydroxyl groups is 2. The summed E-state index contributed by atoms with van der Waals surface area (Å²) in [6.45, 7) is 0. The van der Waals surface area contributed by atoms with Gasteiger partial charge in [-0.05, 0) is 17.7 Å². The first-order valence-electron chi connectivity index (χ1n) is 5.49. The van der Waals surface area contributed by atoms with Gasteiger partial charge in [0.2, 0.25) is 0 Å². The zero-order valence-corrected chi connectivity index (χ0v) is 9.56. The third-order valence-electron chi connectivity index (χ3n) is 2.64. The fourth-order valence-corrected chi connectivity index (χ4v) is 1.64. The van der Waals surface area contributed by atoms with E-state index in [2.05, 4.69) is 4.98 Å². The lowest BCUT2D eigenvalue weighted by Gasteiger charge is -2.12. The number of pyridine rings is 1. The second-order valence-corrected chi connectivity index (χ2v) is 3.86. The van der Waals surface area contributed by atoms with Crippen LogP contribution in [-0.2, 0) is 0 Å². The Bertz CT molecular complexity index is 546. The van der Waals surface area contributed by atoms with Crippen LogP contribution in [0, 0.1) is 11.3 Å². The average molecular weight is 240 g/mol. The van der Waals surface area contributed by atoms with Crippen LogP contribution in [0.1, 0.15) is 11.7 Å². The number of hydrogen-bond acceptors (Lipinski definition) is 4. The number of benzene rings is 1. The molecule has 0 fully saturated rings. The molecule has 0 saturated heterocycles. The van der Waals surface area contributed by atoms with Gasteiger partial charge in [0.05, 0.1) is 11.8 Å². The summed E-state index contributed by atoms with van der Waals surface area (Å²) in [6, 6.07) is 14.2. The number of rotatable bonds is 3. The van der Waals surface area contributed by atoms with Crippen LogP contribution in [0.2, 0.25) is 0 Å². The molecule has 0 amide bonds. The van der Waals surface area contributed by atoms with Crippen molar-refractivity contribution in [1.29, 1.82) is 5.26 Å². The Morgan fingerprint density at radius 3 is 2.33 bits per heavy atom. The Labute approximate surface area is 105 Å². The van der Waals surface area contributed by atoms with E-state index in [9.17, 15) is 10.2 Å². The van der Waals surface area contributed by atoms with E-state index >= 15 is 0 Å². The molecule has 0 spiro atoms. The van der Waals surface area contributed by atoms with Crippen LogP contribution in [0.15, 0.2) is 48.7 Å². The number of aliphatic hydroxyl groups excluding tert-OH is 2. The third kappa shape index (κ3) is 2.54. The highest BCUT2D eigenvalue weighted by molar-refractivity contribution is 5.59. The SMILES string of the molecule is N#CC(O)C(O)c1ccc(-c2ccccn2)cc1. The lowest BCUT2D eigenvalue weighted by molar-refractivity contribution is 0.0528. The van der Waals surface area contributed by atoms with Gasteiger partial charge in [-0.2, -0.15) is 5.26 Å². The first-order chi connectivity index (χ1) is 8.72. The zero-order chi connectivity index (χ0) is 13.0. The number of hydrogen-bond donors (Lipinski definition) is 2. The summed E-state index contributed by atoms with van der Waals surface area (Å²) in [5, 5.41) is 27.4. The Hall–Kier alpha value is -2.22. The first-order valence-corrected chi connectivity index (χ1v) is 5.49. The van der Waals surface area contributed by atoms with Crippen LogP contribution >= 0.6 is 0 Å². The van der Waals surface area contributed by atoms with Gasteiger partial charge in [-0.25, -0.2) is 0 Å². The van der Waals surface area contributed by atoms with E-state index < -0.39 is 12.2 Å². The Morgan fingerprint density at radius 1 is 1.06 bits per heavy atom. The van der Waals surface area contributed by atoms with E-state index in [1.54, 1.807) is 36.5 Å². The van der Waals surface area contributed by atoms with E-state index in [4.69, 9.17) is 5.26 Å². The predicted octanol–water partition coefficient (Wildman–Crippen LogP) is 1.67. The van der Waals surface area contributed by atoms with E-state index in [1.807, 2.05) is 18.2 Å². The summed E-state index contributed by atoms with van der Waals surface area (Å²) < 4.78 is 0. The molecule has 0 bridgehead atoms. The van der Waals surface area contributed by atoms with Gasteiger partial charge in [-0.1, -0.05) is 30.3 Å². The smallest absolute Gasteiger partial charge is 0.170 e. The lowest BCUT2D eigenvalue weighted by Crippen LogP contribution is -2.15. The third-order valence-corrected chi connectivity index (χ3v) is 2.64. The van der Waals surface area contributed by atoms with Crippen LogP contribution in [0.5, 0.6) is 0 Å². The van der Waals surface area contributed by atoms with Gasteiger partial charge in [0.25, 0.3) is 0 Å². The van der Waals surface area contributed by atoms with Gasteiger partial charge in [-0.3, -0.25) is 4.98 Å². The number of nitrogens with zero attached hydrogens (tertiary/aromatic N) is 2. The molecule has 2 unspecified atom stereocenters. The van der Waals surface area contributed by atoms with Crippen LogP contribution < -0.4 is 0 Å². The highest BCUT2D eigenvalue weighted by Crippen LogP contribution is 2.21. The molecule has 4 nitrogen and oxygen atoms in total. The molecular formula is C14H12N2O2. The quantitative estimate of drug-likeness (QED) is 0.800. The Balaban J connectivity index is 2.24. The first kappa shape index (κ1) is 12.2. The van der Waals surface area contributed by atoms with Crippen molar-refractivity contribution in [3.05, 3.63) is 54.2 Å². The lowest BCUT2D eigenvalue weighted by atomic mass is 10.0. The zero-order valence-electron chi connectivity index (χ0n) is 9.56. The Kier molecular flexibility index (Phi) is 3.68. The Morgan fingerprint density at radius 2 is 1.78 bits per heavy atom. The second kappa shape index (κ2) is 5.41. The minimum Gasteiger partial charge on any atom is -0.385 e. The molecule has 0 radical (unpaired) electrons. The van der Waals surface area contributed by atoms with Crippen LogP contribution in [0.3, 0.4) is 0 Å². The van der Waals surface area contributed by atoms with Gasteiger partial charge < -0.3 is 10.2 Å². The average Bonchev–Trinajstić information content (AvgIpc) is 2.47. The van der Waals surface area contributed by atoms with Crippen LogP contribution in [0.4, 0.5) is 0 Å². The second-order valence-electron chi connectivity index (χ2n) is 3.86. The molecule has 2 N–H and O–H groups in total. The summed E-state index contributed by atoms with van der Waals surface area (Å²) in [5.74, 6) is 0. The van der Waals surface area contributed by atoms with Crippen molar-refractivity contribution in [1.82, 2.24) is 4.98 Å². The maximum Gasteiger partial charge on any atom is 0.170 e. The van der Waals surface area contributed by atoms with Crippen molar-refractivity contribution < 1.29 is 10.2 Å². The molecule has 2 atom stereocenters. The van der Waals surface area contributed by atoms with Gasteiger partial charge in [0.15, 0.2) is 6.10 Å². The fourth-order valence-electron chi connectivity index (χ4n) is 1.64. The molecule has 1 aromatic heterocycles. The van der Waals surface area contributed by atoms with Crippen molar-refractivity contribution >= 4 is 0 Å². The van der Waals surface area contributed by atoms with E-state index in [0.29, 0.717) is 5.56 Å². The molecule has 1 aromatic carbocycles. The molecule has 0 aliphatic carbocycles. The highest BCUT2D eigenvalue weighted by atomic mass is 16.3. The predicted molar refractivity (Wildman–Crippen MR) is 66.3 cm³/mol. The van der Waals surface area contributed by atoms with Gasteiger partial charge in [-0.15, -0.1) is 0 Å². The molecule has 0 saturated carbocycles. The summed E-state index contributed by atoms with van der Waals surface area (Å²) in [4.78, 5) is 4.21. The molecule has 0 aliphatic rings. The van der Waals surface area contributed by atoms with Crippen molar-refractivity contribution in [3.8, 4) is 17.3 Å². The summed E-state index contributed by atoms with van der Waals surface area (Å²) in [6.07, 6.45) is -0.893. The van der Waals surface area contributed by atoms with Gasteiger partial charge in [0.1, 0.15) is 6.10 Å². The van der Waals surface area contributed by atoms with Gasteiger partial charge >= 0.3 is 0 Å².